The lowest BCUT2D eigenvalue weighted by Gasteiger charge is -2.30. The van der Waals surface area contributed by atoms with E-state index in [2.05, 4.69) is 15.3 Å². The van der Waals surface area contributed by atoms with E-state index >= 15 is 0 Å². The van der Waals surface area contributed by atoms with Crippen LogP contribution in [0.1, 0.15) is 25.3 Å². The van der Waals surface area contributed by atoms with E-state index in [4.69, 9.17) is 21.9 Å². The van der Waals surface area contributed by atoms with Gasteiger partial charge >= 0.3 is 5.97 Å². The minimum Gasteiger partial charge on any atom is -0.478 e. The van der Waals surface area contributed by atoms with Crippen molar-refractivity contribution >= 4 is 17.6 Å². The number of hydrogen-bond donors (Lipinski definition) is 2. The first-order valence-corrected chi connectivity index (χ1v) is 8.09. The van der Waals surface area contributed by atoms with Crippen molar-refractivity contribution in [2.24, 2.45) is 5.11 Å². The van der Waals surface area contributed by atoms with Gasteiger partial charge in [0.15, 0.2) is 0 Å². The highest BCUT2D eigenvalue weighted by atomic mass is 35.5. The summed E-state index contributed by atoms with van der Waals surface area (Å²) in [5.41, 5.74) is 11.4. The average Bonchev–Trinajstić information content (AvgIpc) is 2.57. The Morgan fingerprint density at radius 3 is 2.80 bits per heavy atom. The molecule has 1 heterocycles. The standard InChI is InChI=1S/C17H19ClN4O3/c1-10-11(2)21-14(9-25-8-7-20-22-19)16(17(23)24)15(10)12-5-3-4-6-13(12)18/h3-6,15,21H,7-9H2,1-2H3,(H,23,24)/t15-/m0/s1. The zero-order valence-corrected chi connectivity index (χ0v) is 14.7. The highest BCUT2D eigenvalue weighted by molar-refractivity contribution is 6.31. The van der Waals surface area contributed by atoms with Crippen molar-refractivity contribution in [3.8, 4) is 0 Å². The molecule has 8 heteroatoms. The molecule has 1 aromatic rings. The minimum absolute atomic E-state index is 0.0775. The number of halogens is 1. The number of dihydropyridines is 1. The molecule has 1 aliphatic rings. The largest absolute Gasteiger partial charge is 0.478 e. The Balaban J connectivity index is 2.39. The summed E-state index contributed by atoms with van der Waals surface area (Å²) >= 11 is 6.31. The van der Waals surface area contributed by atoms with Crippen LogP contribution in [0.15, 0.2) is 51.9 Å². The summed E-state index contributed by atoms with van der Waals surface area (Å²) in [7, 11) is 0. The predicted molar refractivity (Wildman–Crippen MR) is 95.2 cm³/mol. The molecule has 0 aliphatic carbocycles. The summed E-state index contributed by atoms with van der Waals surface area (Å²) in [5, 5.41) is 16.8. The number of carboxylic acid groups (broad SMARTS) is 1. The van der Waals surface area contributed by atoms with Gasteiger partial charge in [0.1, 0.15) is 0 Å². The maximum atomic E-state index is 12.0. The van der Waals surface area contributed by atoms with Crippen molar-refractivity contribution < 1.29 is 14.6 Å². The van der Waals surface area contributed by atoms with Gasteiger partial charge in [0.05, 0.1) is 24.5 Å². The van der Waals surface area contributed by atoms with Crippen molar-refractivity contribution in [3.05, 3.63) is 67.8 Å². The molecule has 25 heavy (non-hydrogen) atoms. The molecular weight excluding hydrogens is 344 g/mol. The van der Waals surface area contributed by atoms with Crippen molar-refractivity contribution in [2.75, 3.05) is 19.8 Å². The minimum atomic E-state index is -1.03. The van der Waals surface area contributed by atoms with E-state index in [9.17, 15) is 9.90 Å². The number of allylic oxidation sites excluding steroid dienone is 2. The van der Waals surface area contributed by atoms with E-state index < -0.39 is 11.9 Å². The van der Waals surface area contributed by atoms with E-state index in [1.54, 1.807) is 6.07 Å². The monoisotopic (exact) mass is 362 g/mol. The first kappa shape index (κ1) is 18.9. The number of nitrogens with one attached hydrogen (secondary N) is 1. The predicted octanol–water partition coefficient (Wildman–Crippen LogP) is 3.99. The topological polar surface area (TPSA) is 107 Å². The number of ether oxygens (including phenoxy) is 1. The number of carbonyl (C=O) groups is 1. The highest BCUT2D eigenvalue weighted by Gasteiger charge is 2.33. The van der Waals surface area contributed by atoms with Gasteiger partial charge < -0.3 is 15.2 Å². The zero-order chi connectivity index (χ0) is 18.4. The van der Waals surface area contributed by atoms with Crippen molar-refractivity contribution in [1.29, 1.82) is 0 Å². The third-order valence-electron chi connectivity index (χ3n) is 4.07. The van der Waals surface area contributed by atoms with E-state index in [1.807, 2.05) is 32.0 Å². The molecule has 0 fully saturated rings. The second-order valence-electron chi connectivity index (χ2n) is 5.59. The summed E-state index contributed by atoms with van der Waals surface area (Å²) in [5.74, 6) is -1.49. The number of aliphatic carboxylic acids is 1. The van der Waals surface area contributed by atoms with Crippen LogP contribution >= 0.6 is 11.6 Å². The number of carboxylic acids is 1. The quantitative estimate of drug-likeness (QED) is 0.331. The number of rotatable bonds is 7. The molecule has 2 N–H and O–H groups in total. The van der Waals surface area contributed by atoms with E-state index in [0.29, 0.717) is 10.7 Å². The third-order valence-corrected chi connectivity index (χ3v) is 4.41. The Labute approximate surface area is 150 Å². The van der Waals surface area contributed by atoms with E-state index in [-0.39, 0.29) is 25.3 Å². The van der Waals surface area contributed by atoms with Crippen LogP contribution in [-0.2, 0) is 9.53 Å². The van der Waals surface area contributed by atoms with Gasteiger partial charge in [0, 0.05) is 28.1 Å². The van der Waals surface area contributed by atoms with Crippen LogP contribution in [0.2, 0.25) is 5.02 Å². The van der Waals surface area contributed by atoms with Gasteiger partial charge in [-0.1, -0.05) is 34.9 Å². The molecule has 0 spiro atoms. The lowest BCUT2D eigenvalue weighted by atomic mass is 9.81. The Morgan fingerprint density at radius 2 is 2.16 bits per heavy atom. The molecule has 1 atom stereocenters. The molecule has 0 bridgehead atoms. The second-order valence-corrected chi connectivity index (χ2v) is 6.00. The van der Waals surface area contributed by atoms with E-state index in [0.717, 1.165) is 16.8 Å². The van der Waals surface area contributed by atoms with Gasteiger partial charge in [-0.15, -0.1) is 0 Å². The van der Waals surface area contributed by atoms with Crippen molar-refractivity contribution in [3.63, 3.8) is 0 Å². The fraction of sp³-hybridized carbons (Fsp3) is 0.353. The van der Waals surface area contributed by atoms with Crippen LogP contribution in [0.4, 0.5) is 0 Å². The summed E-state index contributed by atoms with van der Waals surface area (Å²) in [4.78, 5) is 14.6. The Hall–Kier alpha value is -2.47. The molecule has 0 saturated heterocycles. The zero-order valence-electron chi connectivity index (χ0n) is 14.0. The molecule has 0 unspecified atom stereocenters. The molecule has 1 aromatic carbocycles. The van der Waals surface area contributed by atoms with Crippen LogP contribution in [0.5, 0.6) is 0 Å². The molecule has 0 radical (unpaired) electrons. The fourth-order valence-corrected chi connectivity index (χ4v) is 3.03. The van der Waals surface area contributed by atoms with Gasteiger partial charge in [0.25, 0.3) is 0 Å². The fourth-order valence-electron chi connectivity index (χ4n) is 2.79. The number of hydrogen-bond acceptors (Lipinski definition) is 4. The van der Waals surface area contributed by atoms with Crippen LogP contribution in [-0.4, -0.2) is 30.8 Å². The highest BCUT2D eigenvalue weighted by Crippen LogP contribution is 2.40. The maximum absolute atomic E-state index is 12.0. The molecular formula is C17H19ClN4O3. The Morgan fingerprint density at radius 1 is 1.44 bits per heavy atom. The first-order chi connectivity index (χ1) is 12.0. The van der Waals surface area contributed by atoms with Crippen LogP contribution in [0, 0.1) is 0 Å². The first-order valence-electron chi connectivity index (χ1n) is 7.71. The molecule has 1 aliphatic heterocycles. The van der Waals surface area contributed by atoms with Crippen LogP contribution in [0.25, 0.3) is 10.4 Å². The summed E-state index contributed by atoms with van der Waals surface area (Å²) in [6.07, 6.45) is 0. The molecule has 0 saturated carbocycles. The van der Waals surface area contributed by atoms with Crippen LogP contribution in [0.3, 0.4) is 0 Å². The maximum Gasteiger partial charge on any atom is 0.334 e. The van der Waals surface area contributed by atoms with Crippen LogP contribution < -0.4 is 5.32 Å². The number of benzene rings is 1. The smallest absolute Gasteiger partial charge is 0.334 e. The SMILES string of the molecule is CC1=C(C)[C@@H](c2ccccc2Cl)C(C(=O)O)=C(COCCN=[N+]=[N-])N1. The summed E-state index contributed by atoms with van der Waals surface area (Å²) < 4.78 is 5.45. The second kappa shape index (κ2) is 8.58. The van der Waals surface area contributed by atoms with Crippen molar-refractivity contribution in [2.45, 2.75) is 19.8 Å². The molecule has 7 nitrogen and oxygen atoms in total. The third kappa shape index (κ3) is 4.33. The van der Waals surface area contributed by atoms with Gasteiger partial charge in [0.2, 0.25) is 0 Å². The summed E-state index contributed by atoms with van der Waals surface area (Å²) in [6, 6.07) is 7.22. The number of nitrogens with zero attached hydrogens (tertiary/aromatic N) is 3. The van der Waals surface area contributed by atoms with Gasteiger partial charge in [-0.2, -0.15) is 0 Å². The number of azide groups is 1. The molecule has 0 aromatic heterocycles. The van der Waals surface area contributed by atoms with Crippen molar-refractivity contribution in [1.82, 2.24) is 5.32 Å². The Kier molecular flexibility index (Phi) is 6.47. The lowest BCUT2D eigenvalue weighted by Crippen LogP contribution is -2.30. The average molecular weight is 363 g/mol. The Bertz CT molecular complexity index is 782. The van der Waals surface area contributed by atoms with E-state index in [1.165, 1.54) is 0 Å². The van der Waals surface area contributed by atoms with Gasteiger partial charge in [-0.25, -0.2) is 4.79 Å². The van der Waals surface area contributed by atoms with Gasteiger partial charge in [-0.3, -0.25) is 0 Å². The van der Waals surface area contributed by atoms with Gasteiger partial charge in [-0.05, 0) is 36.6 Å². The normalized spacial score (nSPS) is 17.2. The molecule has 132 valence electrons. The molecule has 0 amide bonds. The lowest BCUT2D eigenvalue weighted by molar-refractivity contribution is -0.133. The summed E-state index contributed by atoms with van der Waals surface area (Å²) in [6.45, 7) is 4.25. The molecule has 2 rings (SSSR count).